The van der Waals surface area contributed by atoms with Gasteiger partial charge < -0.3 is 15.1 Å². The second-order valence-electron chi connectivity index (χ2n) is 5.94. The highest BCUT2D eigenvalue weighted by atomic mass is 16.3. The van der Waals surface area contributed by atoms with Crippen LogP contribution in [0.4, 0.5) is 5.82 Å². The number of amides is 1. The first-order chi connectivity index (χ1) is 11.7. The van der Waals surface area contributed by atoms with Crippen LogP contribution < -0.4 is 10.6 Å². The lowest BCUT2D eigenvalue weighted by Crippen LogP contribution is -2.30. The van der Waals surface area contributed by atoms with Crippen LogP contribution in [0, 0.1) is 12.8 Å². The van der Waals surface area contributed by atoms with E-state index in [0.29, 0.717) is 18.9 Å². The number of nitrogens with one attached hydrogen (secondary N) is 2. The Morgan fingerprint density at radius 1 is 1.46 bits per heavy atom. The SMILES string of the molecule is Cc1cc(NCCNC(=O)[C@H]2C[C@H]2c2ccco2)n2ncnc2n1. The Kier molecular flexibility index (Phi) is 3.64. The van der Waals surface area contributed by atoms with Crippen molar-refractivity contribution in [1.82, 2.24) is 24.9 Å². The quantitative estimate of drug-likeness (QED) is 0.664. The van der Waals surface area contributed by atoms with Crippen molar-refractivity contribution in [2.75, 3.05) is 18.4 Å². The van der Waals surface area contributed by atoms with Crippen LogP contribution >= 0.6 is 0 Å². The molecule has 0 aromatic carbocycles. The molecule has 0 radical (unpaired) electrons. The maximum absolute atomic E-state index is 12.1. The zero-order valence-corrected chi connectivity index (χ0v) is 13.3. The van der Waals surface area contributed by atoms with Crippen LogP contribution in [0.1, 0.15) is 23.8 Å². The first-order valence-electron chi connectivity index (χ1n) is 7.95. The molecule has 1 saturated carbocycles. The summed E-state index contributed by atoms with van der Waals surface area (Å²) < 4.78 is 6.99. The Balaban J connectivity index is 1.27. The van der Waals surface area contributed by atoms with Gasteiger partial charge in [-0.15, -0.1) is 0 Å². The zero-order chi connectivity index (χ0) is 16.5. The van der Waals surface area contributed by atoms with Gasteiger partial charge in [-0.2, -0.15) is 14.6 Å². The van der Waals surface area contributed by atoms with Crippen molar-refractivity contribution in [3.63, 3.8) is 0 Å². The topological polar surface area (TPSA) is 97.3 Å². The fourth-order valence-corrected chi connectivity index (χ4v) is 2.87. The number of aromatic nitrogens is 4. The Hall–Kier alpha value is -2.90. The molecule has 0 unspecified atom stereocenters. The first-order valence-corrected chi connectivity index (χ1v) is 7.95. The van der Waals surface area contributed by atoms with E-state index in [1.54, 1.807) is 10.8 Å². The predicted octanol–water partition coefficient (Wildman–Crippen LogP) is 1.36. The van der Waals surface area contributed by atoms with Gasteiger partial charge in [0.15, 0.2) is 0 Å². The molecule has 0 bridgehead atoms. The fraction of sp³-hybridized carbons (Fsp3) is 0.375. The van der Waals surface area contributed by atoms with Crippen LogP contribution in [0.3, 0.4) is 0 Å². The molecule has 0 aliphatic heterocycles. The molecular weight excluding hydrogens is 308 g/mol. The second kappa shape index (κ2) is 5.95. The molecule has 4 rings (SSSR count). The van der Waals surface area contributed by atoms with E-state index in [-0.39, 0.29) is 17.7 Å². The Bertz CT molecular complexity index is 857. The van der Waals surface area contributed by atoms with Gasteiger partial charge in [-0.1, -0.05) is 0 Å². The molecule has 1 amide bonds. The monoisotopic (exact) mass is 326 g/mol. The highest BCUT2D eigenvalue weighted by molar-refractivity contribution is 5.82. The minimum atomic E-state index is 0.0290. The summed E-state index contributed by atoms with van der Waals surface area (Å²) in [5.74, 6) is 2.60. The number of hydrogen-bond donors (Lipinski definition) is 2. The molecular formula is C16H18N6O2. The molecule has 24 heavy (non-hydrogen) atoms. The lowest BCUT2D eigenvalue weighted by molar-refractivity contribution is -0.122. The van der Waals surface area contributed by atoms with Crippen LogP contribution in [-0.4, -0.2) is 38.6 Å². The number of fused-ring (bicyclic) bond motifs is 1. The smallest absolute Gasteiger partial charge is 0.254 e. The summed E-state index contributed by atoms with van der Waals surface area (Å²) in [5.41, 5.74) is 0.862. The molecule has 2 N–H and O–H groups in total. The van der Waals surface area contributed by atoms with Gasteiger partial charge in [-0.05, 0) is 25.5 Å². The molecule has 0 spiro atoms. The standard InChI is InChI=1S/C16H18N6O2/c1-10-7-14(22-16(21-10)19-9-20-22)17-4-5-18-15(23)12-8-11(12)13-3-2-6-24-13/h2-3,6-7,9,11-12,17H,4-5,8H2,1H3,(H,18,23)/t11-,12+/m1/s1. The fourth-order valence-electron chi connectivity index (χ4n) is 2.87. The largest absolute Gasteiger partial charge is 0.469 e. The Morgan fingerprint density at radius 2 is 2.38 bits per heavy atom. The average molecular weight is 326 g/mol. The third-order valence-electron chi connectivity index (χ3n) is 4.15. The number of carbonyl (C=O) groups excluding carboxylic acids is 1. The van der Waals surface area contributed by atoms with Gasteiger partial charge in [0.05, 0.1) is 6.26 Å². The maximum atomic E-state index is 12.1. The number of hydrogen-bond acceptors (Lipinski definition) is 6. The summed E-state index contributed by atoms with van der Waals surface area (Å²) in [6, 6.07) is 5.68. The molecule has 3 heterocycles. The number of rotatable bonds is 6. The summed E-state index contributed by atoms with van der Waals surface area (Å²) in [4.78, 5) is 20.5. The number of nitrogens with zero attached hydrogens (tertiary/aromatic N) is 4. The summed E-state index contributed by atoms with van der Waals surface area (Å²) in [5, 5.41) is 10.3. The minimum absolute atomic E-state index is 0.0290. The lowest BCUT2D eigenvalue weighted by atomic mass is 10.2. The van der Waals surface area contributed by atoms with Crippen LogP contribution in [0.15, 0.2) is 35.2 Å². The van der Waals surface area contributed by atoms with Crippen LogP contribution in [-0.2, 0) is 4.79 Å². The van der Waals surface area contributed by atoms with E-state index in [0.717, 1.165) is 23.7 Å². The van der Waals surface area contributed by atoms with Gasteiger partial charge in [0.25, 0.3) is 5.78 Å². The summed E-state index contributed by atoms with van der Waals surface area (Å²) >= 11 is 0. The molecule has 3 aromatic rings. The Labute approximate surface area is 138 Å². The first kappa shape index (κ1) is 14.7. The van der Waals surface area contributed by atoms with Gasteiger partial charge in [0.2, 0.25) is 5.91 Å². The van der Waals surface area contributed by atoms with Crippen molar-refractivity contribution in [2.45, 2.75) is 19.3 Å². The number of carbonyl (C=O) groups is 1. The summed E-state index contributed by atoms with van der Waals surface area (Å²) in [6.45, 7) is 3.05. The maximum Gasteiger partial charge on any atom is 0.254 e. The van der Waals surface area contributed by atoms with Crippen molar-refractivity contribution in [3.05, 3.63) is 42.2 Å². The number of aryl methyl sites for hydroxylation is 1. The Morgan fingerprint density at radius 3 is 3.21 bits per heavy atom. The predicted molar refractivity (Wildman–Crippen MR) is 86.6 cm³/mol. The third kappa shape index (κ3) is 2.82. The van der Waals surface area contributed by atoms with E-state index < -0.39 is 0 Å². The van der Waals surface area contributed by atoms with Crippen molar-refractivity contribution < 1.29 is 9.21 Å². The van der Waals surface area contributed by atoms with E-state index in [9.17, 15) is 4.79 Å². The van der Waals surface area contributed by atoms with Crippen molar-refractivity contribution in [3.8, 4) is 0 Å². The van der Waals surface area contributed by atoms with Crippen LogP contribution in [0.5, 0.6) is 0 Å². The van der Waals surface area contributed by atoms with E-state index in [1.807, 2.05) is 25.1 Å². The van der Waals surface area contributed by atoms with Crippen molar-refractivity contribution in [1.29, 1.82) is 0 Å². The molecule has 0 saturated heterocycles. The molecule has 2 atom stereocenters. The molecule has 8 nitrogen and oxygen atoms in total. The molecule has 1 fully saturated rings. The molecule has 124 valence electrons. The van der Waals surface area contributed by atoms with E-state index >= 15 is 0 Å². The van der Waals surface area contributed by atoms with Gasteiger partial charge >= 0.3 is 0 Å². The van der Waals surface area contributed by atoms with Crippen molar-refractivity contribution in [2.24, 2.45) is 5.92 Å². The van der Waals surface area contributed by atoms with E-state index in [4.69, 9.17) is 4.42 Å². The molecule has 1 aliphatic rings. The second-order valence-corrected chi connectivity index (χ2v) is 5.94. The van der Waals surface area contributed by atoms with Gasteiger partial charge in [0.1, 0.15) is 17.9 Å². The summed E-state index contributed by atoms with van der Waals surface area (Å²) in [6.07, 6.45) is 3.97. The third-order valence-corrected chi connectivity index (χ3v) is 4.15. The lowest BCUT2D eigenvalue weighted by Gasteiger charge is -2.09. The highest BCUT2D eigenvalue weighted by Gasteiger charge is 2.45. The van der Waals surface area contributed by atoms with E-state index in [2.05, 4.69) is 25.7 Å². The van der Waals surface area contributed by atoms with Gasteiger partial charge in [0, 0.05) is 36.7 Å². The minimum Gasteiger partial charge on any atom is -0.469 e. The molecule has 3 aromatic heterocycles. The normalized spacial score (nSPS) is 19.4. The van der Waals surface area contributed by atoms with Gasteiger partial charge in [-0.3, -0.25) is 4.79 Å². The zero-order valence-electron chi connectivity index (χ0n) is 13.3. The molecule has 8 heteroatoms. The van der Waals surface area contributed by atoms with E-state index in [1.165, 1.54) is 6.33 Å². The molecule has 1 aliphatic carbocycles. The van der Waals surface area contributed by atoms with Crippen LogP contribution in [0.2, 0.25) is 0 Å². The highest BCUT2D eigenvalue weighted by Crippen LogP contribution is 2.47. The van der Waals surface area contributed by atoms with Crippen LogP contribution in [0.25, 0.3) is 5.78 Å². The average Bonchev–Trinajstić information content (AvgIpc) is 2.98. The summed E-state index contributed by atoms with van der Waals surface area (Å²) in [7, 11) is 0. The van der Waals surface area contributed by atoms with Gasteiger partial charge in [-0.25, -0.2) is 4.98 Å². The van der Waals surface area contributed by atoms with Crippen molar-refractivity contribution >= 4 is 17.5 Å². The number of anilines is 1. The number of furan rings is 1.